The van der Waals surface area contributed by atoms with E-state index in [0.29, 0.717) is 27.5 Å². The first-order valence-corrected chi connectivity index (χ1v) is 15.7. The van der Waals surface area contributed by atoms with Gasteiger partial charge in [-0.3, -0.25) is 0 Å². The molecule has 238 valence electrons. The molecule has 1 heterocycles. The maximum Gasteiger partial charge on any atom is 0.363 e. The standard InChI is InChI=1S/C37H38N4O3S.ClH/c1-6-24-11-13-25(14-12-24)38-37(45)39-26-15-18-29(32(21-26)36(42)43)35-30-19-16-27(40(7-2)8-3)22-33(30)44-34-23-28(17-20-31(34)35)41(9-4)10-5;/h6,11-23H,1,7-10H2,2-5H3,(H2-,38,39,42,43,45);1H. The molecular formula is C37H39ClN4O3S. The molecule has 0 amide bonds. The second kappa shape index (κ2) is 15.1. The van der Waals surface area contributed by atoms with E-state index >= 15 is 0 Å². The average Bonchev–Trinajstić information content (AvgIpc) is 3.05. The van der Waals surface area contributed by atoms with Gasteiger partial charge < -0.3 is 37.9 Å². The molecule has 9 heteroatoms. The Labute approximate surface area is 281 Å². The average molecular weight is 655 g/mol. The first-order valence-electron chi connectivity index (χ1n) is 15.3. The fourth-order valence-electron chi connectivity index (χ4n) is 5.74. The van der Waals surface area contributed by atoms with Crippen LogP contribution >= 0.6 is 12.2 Å². The molecule has 0 radical (unpaired) electrons. The molecule has 0 atom stereocenters. The van der Waals surface area contributed by atoms with Crippen LogP contribution in [-0.4, -0.2) is 42.4 Å². The Kier molecular flexibility index (Phi) is 11.2. The summed E-state index contributed by atoms with van der Waals surface area (Å²) in [6.45, 7) is 15.7. The molecule has 3 N–H and O–H groups in total. The second-order valence-electron chi connectivity index (χ2n) is 10.7. The Morgan fingerprint density at radius 3 is 1.76 bits per heavy atom. The summed E-state index contributed by atoms with van der Waals surface area (Å²) in [6.07, 6.45) is 1.77. The highest BCUT2D eigenvalue weighted by molar-refractivity contribution is 7.80. The van der Waals surface area contributed by atoms with E-state index in [2.05, 4.69) is 79.0 Å². The third-order valence-corrected chi connectivity index (χ3v) is 8.33. The van der Waals surface area contributed by atoms with Crippen LogP contribution in [0.5, 0.6) is 0 Å². The van der Waals surface area contributed by atoms with Crippen molar-refractivity contribution in [3.8, 4) is 11.1 Å². The number of thiocarbonyl (C=S) groups is 1. The molecule has 1 aromatic heterocycles. The number of carboxylic acid groups (broad SMARTS) is 1. The van der Waals surface area contributed by atoms with E-state index in [0.717, 1.165) is 65.1 Å². The van der Waals surface area contributed by atoms with Crippen molar-refractivity contribution in [2.45, 2.75) is 27.7 Å². The number of anilines is 4. The van der Waals surface area contributed by atoms with E-state index in [4.69, 9.17) is 16.6 Å². The number of aromatic carboxylic acids is 1. The van der Waals surface area contributed by atoms with Crippen LogP contribution in [0.25, 0.3) is 39.1 Å². The molecule has 5 rings (SSSR count). The summed E-state index contributed by atoms with van der Waals surface area (Å²) in [4.78, 5) is 17.3. The lowest BCUT2D eigenvalue weighted by Crippen LogP contribution is -3.00. The molecular weight excluding hydrogens is 616 g/mol. The highest BCUT2D eigenvalue weighted by Gasteiger charge is 2.25. The SMILES string of the molecule is C=Cc1ccc(NC(=S)Nc2ccc(-c3c4ccc(N(CC)CC)cc4[o+]c4cc(N(CC)CC)ccc34)c(C(=O)O)c2)cc1.[Cl-]. The predicted octanol–water partition coefficient (Wildman–Crippen LogP) is 6.38. The van der Waals surface area contributed by atoms with Crippen LogP contribution < -0.4 is 32.8 Å². The first-order chi connectivity index (χ1) is 21.8. The van der Waals surface area contributed by atoms with Gasteiger partial charge in [-0.2, -0.15) is 0 Å². The number of nitrogens with zero attached hydrogens (tertiary/aromatic N) is 2. The summed E-state index contributed by atoms with van der Waals surface area (Å²) in [5.41, 5.74) is 7.47. The number of hydrogen-bond acceptors (Lipinski definition) is 4. The van der Waals surface area contributed by atoms with Gasteiger partial charge in [0.15, 0.2) is 5.11 Å². The van der Waals surface area contributed by atoms with Gasteiger partial charge in [0.1, 0.15) is 0 Å². The zero-order chi connectivity index (χ0) is 32.1. The van der Waals surface area contributed by atoms with Crippen molar-refractivity contribution in [3.05, 3.63) is 96.6 Å². The lowest BCUT2D eigenvalue weighted by Gasteiger charge is -2.21. The number of rotatable bonds is 11. The minimum atomic E-state index is -1.03. The van der Waals surface area contributed by atoms with Gasteiger partial charge in [-0.05, 0) is 99.6 Å². The number of carboxylic acids is 1. The monoisotopic (exact) mass is 654 g/mol. The number of carbonyl (C=O) groups is 1. The predicted molar refractivity (Wildman–Crippen MR) is 194 cm³/mol. The minimum absolute atomic E-state index is 0. The number of halogens is 1. The number of hydrogen-bond donors (Lipinski definition) is 3. The van der Waals surface area contributed by atoms with Crippen molar-refractivity contribution in [1.82, 2.24) is 0 Å². The van der Waals surface area contributed by atoms with Crippen LogP contribution in [0.2, 0.25) is 0 Å². The van der Waals surface area contributed by atoms with Crippen LogP contribution in [0, 0.1) is 0 Å². The Hall–Kier alpha value is -4.66. The molecule has 46 heavy (non-hydrogen) atoms. The van der Waals surface area contributed by atoms with Crippen LogP contribution in [0.4, 0.5) is 22.7 Å². The summed E-state index contributed by atoms with van der Waals surface area (Å²) in [6, 6.07) is 25.3. The van der Waals surface area contributed by atoms with Crippen molar-refractivity contribution in [2.24, 2.45) is 0 Å². The molecule has 0 aliphatic heterocycles. The van der Waals surface area contributed by atoms with Crippen molar-refractivity contribution in [2.75, 3.05) is 46.6 Å². The second-order valence-corrected chi connectivity index (χ2v) is 11.1. The van der Waals surface area contributed by atoms with Gasteiger partial charge in [-0.15, -0.1) is 0 Å². The third kappa shape index (κ3) is 7.09. The van der Waals surface area contributed by atoms with Crippen molar-refractivity contribution in [3.63, 3.8) is 0 Å². The quantitative estimate of drug-likeness (QED) is 0.0861. The molecule has 0 aliphatic rings. The molecule has 0 bridgehead atoms. The van der Waals surface area contributed by atoms with Crippen LogP contribution in [-0.2, 0) is 0 Å². The Morgan fingerprint density at radius 2 is 1.28 bits per heavy atom. The molecule has 0 spiro atoms. The fraction of sp³-hybridized carbons (Fsp3) is 0.216. The van der Waals surface area contributed by atoms with E-state index in [-0.39, 0.29) is 18.0 Å². The molecule has 5 aromatic rings. The smallest absolute Gasteiger partial charge is 0.363 e. The molecule has 0 fully saturated rings. The minimum Gasteiger partial charge on any atom is -1.00 e. The van der Waals surface area contributed by atoms with Gasteiger partial charge in [0, 0.05) is 54.5 Å². The maximum atomic E-state index is 12.8. The topological polar surface area (TPSA) is 79.1 Å². The van der Waals surface area contributed by atoms with E-state index in [1.807, 2.05) is 48.5 Å². The molecule has 0 saturated heterocycles. The van der Waals surface area contributed by atoms with E-state index < -0.39 is 5.97 Å². The molecule has 0 unspecified atom stereocenters. The molecule has 4 aromatic carbocycles. The summed E-state index contributed by atoms with van der Waals surface area (Å²) in [7, 11) is 0. The van der Waals surface area contributed by atoms with Crippen molar-refractivity contribution in [1.29, 1.82) is 0 Å². The Balaban J connectivity index is 0.00000480. The van der Waals surface area contributed by atoms with Gasteiger partial charge in [0.05, 0.1) is 28.5 Å². The number of benzene rings is 4. The third-order valence-electron chi connectivity index (χ3n) is 8.13. The normalized spacial score (nSPS) is 10.7. The highest BCUT2D eigenvalue weighted by Crippen LogP contribution is 2.41. The summed E-state index contributed by atoms with van der Waals surface area (Å²) in [5.74, 6) is -1.03. The zero-order valence-electron chi connectivity index (χ0n) is 26.6. The van der Waals surface area contributed by atoms with Gasteiger partial charge in [-0.1, -0.05) is 30.9 Å². The highest BCUT2D eigenvalue weighted by atomic mass is 35.5. The number of fused-ring (bicyclic) bond motifs is 2. The van der Waals surface area contributed by atoms with E-state index in [9.17, 15) is 9.90 Å². The Morgan fingerprint density at radius 1 is 0.783 bits per heavy atom. The summed E-state index contributed by atoms with van der Waals surface area (Å²) >= 11 is 5.54. The van der Waals surface area contributed by atoms with E-state index in [1.165, 1.54) is 0 Å². The molecule has 0 saturated carbocycles. The largest absolute Gasteiger partial charge is 1.00 e. The van der Waals surface area contributed by atoms with Gasteiger partial charge in [0.25, 0.3) is 0 Å². The zero-order valence-corrected chi connectivity index (χ0v) is 28.1. The fourth-order valence-corrected chi connectivity index (χ4v) is 5.98. The van der Waals surface area contributed by atoms with Crippen LogP contribution in [0.3, 0.4) is 0 Å². The molecule has 0 aliphatic carbocycles. The van der Waals surface area contributed by atoms with Crippen LogP contribution in [0.15, 0.2) is 89.9 Å². The van der Waals surface area contributed by atoms with Crippen LogP contribution in [0.1, 0.15) is 43.6 Å². The summed E-state index contributed by atoms with van der Waals surface area (Å²) < 4.78 is 6.57. The summed E-state index contributed by atoms with van der Waals surface area (Å²) in [5, 5.41) is 18.8. The van der Waals surface area contributed by atoms with Crippen molar-refractivity contribution >= 4 is 74.1 Å². The van der Waals surface area contributed by atoms with Gasteiger partial charge in [-0.25, -0.2) is 9.21 Å². The maximum absolute atomic E-state index is 12.8. The van der Waals surface area contributed by atoms with E-state index in [1.54, 1.807) is 12.1 Å². The lowest BCUT2D eigenvalue weighted by molar-refractivity contribution is -0.0000247. The van der Waals surface area contributed by atoms with Gasteiger partial charge >= 0.3 is 17.1 Å². The van der Waals surface area contributed by atoms with Gasteiger partial charge in [0.2, 0.25) is 0 Å². The lowest BCUT2D eigenvalue weighted by atomic mass is 9.92. The Bertz CT molecular complexity index is 1820. The first kappa shape index (κ1) is 34.2. The molecule has 7 nitrogen and oxygen atoms in total. The van der Waals surface area contributed by atoms with Crippen molar-refractivity contribution < 1.29 is 26.7 Å². The number of nitrogens with one attached hydrogen (secondary N) is 2.